The van der Waals surface area contributed by atoms with Gasteiger partial charge in [0.1, 0.15) is 5.78 Å². The average molecular weight is 194 g/mol. The average Bonchev–Trinajstić information content (AvgIpc) is 2.53. The molecule has 0 aliphatic carbocycles. The second kappa shape index (κ2) is 4.74. The van der Waals surface area contributed by atoms with Crippen LogP contribution in [0.15, 0.2) is 22.8 Å². The largest absolute Gasteiger partial charge is 0.461 e. The molecule has 1 aromatic rings. The monoisotopic (exact) mass is 194 g/mol. The Labute approximate surface area is 83.1 Å². The van der Waals surface area contributed by atoms with Crippen molar-refractivity contribution in [1.82, 2.24) is 0 Å². The van der Waals surface area contributed by atoms with E-state index in [1.807, 2.05) is 13.8 Å². The number of carbonyl (C=O) groups is 2. The highest BCUT2D eigenvalue weighted by Crippen LogP contribution is 2.08. The van der Waals surface area contributed by atoms with Crippen LogP contribution in [0, 0.1) is 5.92 Å². The number of hydrogen-bond donors (Lipinski definition) is 0. The highest BCUT2D eigenvalue weighted by Gasteiger charge is 2.14. The number of furan rings is 1. The van der Waals surface area contributed by atoms with Crippen LogP contribution in [-0.2, 0) is 4.79 Å². The minimum atomic E-state index is -0.236. The molecule has 0 saturated heterocycles. The van der Waals surface area contributed by atoms with E-state index in [1.165, 1.54) is 6.26 Å². The summed E-state index contributed by atoms with van der Waals surface area (Å²) in [6.07, 6.45) is 1.83. The minimum Gasteiger partial charge on any atom is -0.461 e. The summed E-state index contributed by atoms with van der Waals surface area (Å²) < 4.78 is 4.90. The normalized spacial score (nSPS) is 10.5. The molecule has 0 aliphatic heterocycles. The molecule has 0 aliphatic rings. The quantitative estimate of drug-likeness (QED) is 0.534. The lowest BCUT2D eigenvalue weighted by Gasteiger charge is -2.01. The van der Waals surface area contributed by atoms with Crippen molar-refractivity contribution in [2.75, 3.05) is 0 Å². The van der Waals surface area contributed by atoms with Crippen LogP contribution in [0.1, 0.15) is 37.2 Å². The second-order valence-electron chi connectivity index (χ2n) is 3.71. The van der Waals surface area contributed by atoms with Gasteiger partial charge < -0.3 is 4.42 Å². The lowest BCUT2D eigenvalue weighted by Crippen LogP contribution is -2.09. The van der Waals surface area contributed by atoms with Crippen LogP contribution < -0.4 is 0 Å². The van der Waals surface area contributed by atoms with Crippen molar-refractivity contribution in [1.29, 1.82) is 0 Å². The van der Waals surface area contributed by atoms with E-state index in [0.717, 1.165) is 0 Å². The molecule has 0 radical (unpaired) electrons. The van der Waals surface area contributed by atoms with Crippen molar-refractivity contribution in [2.45, 2.75) is 26.7 Å². The first-order valence-electron chi connectivity index (χ1n) is 4.68. The predicted molar refractivity (Wildman–Crippen MR) is 52.1 cm³/mol. The van der Waals surface area contributed by atoms with Crippen LogP contribution in [0.2, 0.25) is 0 Å². The highest BCUT2D eigenvalue weighted by atomic mass is 16.3. The summed E-state index contributed by atoms with van der Waals surface area (Å²) in [5.74, 6) is 0.302. The Morgan fingerprint density at radius 3 is 2.64 bits per heavy atom. The van der Waals surface area contributed by atoms with E-state index in [1.54, 1.807) is 12.1 Å². The molecule has 14 heavy (non-hydrogen) atoms. The lowest BCUT2D eigenvalue weighted by molar-refractivity contribution is -0.118. The van der Waals surface area contributed by atoms with E-state index in [-0.39, 0.29) is 23.7 Å². The van der Waals surface area contributed by atoms with Crippen molar-refractivity contribution in [3.05, 3.63) is 24.2 Å². The van der Waals surface area contributed by atoms with E-state index in [9.17, 15) is 9.59 Å². The third kappa shape index (κ3) is 3.17. The van der Waals surface area contributed by atoms with Gasteiger partial charge in [-0.25, -0.2) is 0 Å². The molecule has 0 spiro atoms. The molecule has 1 rings (SSSR count). The topological polar surface area (TPSA) is 47.3 Å². The molecule has 0 unspecified atom stereocenters. The van der Waals surface area contributed by atoms with Gasteiger partial charge in [0.15, 0.2) is 5.76 Å². The Hall–Kier alpha value is -1.38. The number of ketones is 2. The number of carbonyl (C=O) groups excluding carboxylic acids is 2. The van der Waals surface area contributed by atoms with Crippen molar-refractivity contribution < 1.29 is 14.0 Å². The van der Waals surface area contributed by atoms with Crippen molar-refractivity contribution >= 4 is 11.6 Å². The standard InChI is InChI=1S/C11H14O3/c1-8(2)6-9(12)7-10(13)11-4-3-5-14-11/h3-5,8H,6-7H2,1-2H3. The summed E-state index contributed by atoms with van der Waals surface area (Å²) in [4.78, 5) is 22.7. The van der Waals surface area contributed by atoms with E-state index in [2.05, 4.69) is 0 Å². The van der Waals surface area contributed by atoms with Crippen LogP contribution in [0.5, 0.6) is 0 Å². The Balaban J connectivity index is 2.46. The zero-order valence-corrected chi connectivity index (χ0v) is 8.45. The summed E-state index contributed by atoms with van der Waals surface area (Å²) in [7, 11) is 0. The summed E-state index contributed by atoms with van der Waals surface area (Å²) in [5, 5.41) is 0. The minimum absolute atomic E-state index is 0.0265. The molecule has 76 valence electrons. The third-order valence-electron chi connectivity index (χ3n) is 1.79. The zero-order chi connectivity index (χ0) is 10.6. The van der Waals surface area contributed by atoms with Gasteiger partial charge in [0.05, 0.1) is 12.7 Å². The molecular formula is C11H14O3. The maximum Gasteiger partial charge on any atom is 0.205 e. The Morgan fingerprint density at radius 2 is 2.14 bits per heavy atom. The van der Waals surface area contributed by atoms with Gasteiger partial charge in [-0.05, 0) is 18.1 Å². The van der Waals surface area contributed by atoms with E-state index in [0.29, 0.717) is 12.3 Å². The summed E-state index contributed by atoms with van der Waals surface area (Å²) in [5.41, 5.74) is 0. The van der Waals surface area contributed by atoms with Crippen LogP contribution >= 0.6 is 0 Å². The van der Waals surface area contributed by atoms with Gasteiger partial charge in [0, 0.05) is 6.42 Å². The van der Waals surface area contributed by atoms with Gasteiger partial charge >= 0.3 is 0 Å². The Morgan fingerprint density at radius 1 is 1.43 bits per heavy atom. The second-order valence-corrected chi connectivity index (χ2v) is 3.71. The first-order valence-corrected chi connectivity index (χ1v) is 4.68. The molecule has 0 atom stereocenters. The van der Waals surface area contributed by atoms with E-state index < -0.39 is 0 Å². The molecule has 1 heterocycles. The first kappa shape index (κ1) is 10.7. The summed E-state index contributed by atoms with van der Waals surface area (Å²) in [6.45, 7) is 3.91. The fourth-order valence-electron chi connectivity index (χ4n) is 1.23. The molecular weight excluding hydrogens is 180 g/mol. The highest BCUT2D eigenvalue weighted by molar-refractivity contribution is 6.06. The lowest BCUT2D eigenvalue weighted by atomic mass is 10.0. The fourth-order valence-corrected chi connectivity index (χ4v) is 1.23. The number of rotatable bonds is 5. The van der Waals surface area contributed by atoms with Gasteiger partial charge in [0.25, 0.3) is 0 Å². The smallest absolute Gasteiger partial charge is 0.205 e. The first-order chi connectivity index (χ1) is 6.59. The molecule has 0 aromatic carbocycles. The van der Waals surface area contributed by atoms with Gasteiger partial charge in [-0.15, -0.1) is 0 Å². The molecule has 3 nitrogen and oxygen atoms in total. The zero-order valence-electron chi connectivity index (χ0n) is 8.45. The van der Waals surface area contributed by atoms with Crippen molar-refractivity contribution in [3.8, 4) is 0 Å². The molecule has 0 bridgehead atoms. The van der Waals surface area contributed by atoms with Crippen LogP contribution in [0.3, 0.4) is 0 Å². The number of Topliss-reactive ketones (excluding diaryl/α,β-unsaturated/α-hetero) is 2. The van der Waals surface area contributed by atoms with E-state index in [4.69, 9.17) is 4.42 Å². The molecule has 0 amide bonds. The van der Waals surface area contributed by atoms with Crippen LogP contribution in [-0.4, -0.2) is 11.6 Å². The van der Waals surface area contributed by atoms with Crippen LogP contribution in [0.25, 0.3) is 0 Å². The maximum atomic E-state index is 11.4. The molecule has 0 saturated carbocycles. The SMILES string of the molecule is CC(C)CC(=O)CC(=O)c1ccco1. The maximum absolute atomic E-state index is 11.4. The molecule has 0 N–H and O–H groups in total. The fraction of sp³-hybridized carbons (Fsp3) is 0.455. The van der Waals surface area contributed by atoms with Crippen LogP contribution in [0.4, 0.5) is 0 Å². The summed E-state index contributed by atoms with van der Waals surface area (Å²) in [6, 6.07) is 3.21. The van der Waals surface area contributed by atoms with E-state index >= 15 is 0 Å². The van der Waals surface area contributed by atoms with Gasteiger partial charge in [-0.2, -0.15) is 0 Å². The van der Waals surface area contributed by atoms with Gasteiger partial charge in [0.2, 0.25) is 5.78 Å². The summed E-state index contributed by atoms with van der Waals surface area (Å²) >= 11 is 0. The van der Waals surface area contributed by atoms with Crippen molar-refractivity contribution in [2.24, 2.45) is 5.92 Å². The predicted octanol–water partition coefficient (Wildman–Crippen LogP) is 2.47. The Kier molecular flexibility index (Phi) is 3.63. The number of hydrogen-bond acceptors (Lipinski definition) is 3. The Bertz CT molecular complexity index is 309. The molecule has 0 fully saturated rings. The molecule has 1 aromatic heterocycles. The van der Waals surface area contributed by atoms with Crippen molar-refractivity contribution in [3.63, 3.8) is 0 Å². The van der Waals surface area contributed by atoms with Gasteiger partial charge in [-0.3, -0.25) is 9.59 Å². The molecule has 3 heteroatoms. The van der Waals surface area contributed by atoms with Gasteiger partial charge in [-0.1, -0.05) is 13.8 Å². The third-order valence-corrected chi connectivity index (χ3v) is 1.79.